The van der Waals surface area contributed by atoms with Gasteiger partial charge in [-0.25, -0.2) is 5.10 Å². The Morgan fingerprint density at radius 1 is 1.18 bits per heavy atom. The van der Waals surface area contributed by atoms with Gasteiger partial charge in [-0.1, -0.05) is 18.2 Å². The summed E-state index contributed by atoms with van der Waals surface area (Å²) in [6, 6.07) is 7.82. The highest BCUT2D eigenvalue weighted by atomic mass is 16.1. The molecular weight excluding hydrogens is 276 g/mol. The molecule has 1 aliphatic carbocycles. The molecule has 0 amide bonds. The number of fused-ring (bicyclic) bond motifs is 2. The summed E-state index contributed by atoms with van der Waals surface area (Å²) in [5.41, 5.74) is 10.5. The normalized spacial score (nSPS) is 12.8. The molecule has 0 spiro atoms. The zero-order valence-corrected chi connectivity index (χ0v) is 11.8. The fraction of sp³-hybridized carbons (Fsp3) is 0.118. The Kier molecular flexibility index (Phi) is 2.87. The first-order valence-electron chi connectivity index (χ1n) is 7.13. The molecule has 0 unspecified atom stereocenters. The van der Waals surface area contributed by atoms with E-state index < -0.39 is 0 Å². The number of aromatic amines is 1. The summed E-state index contributed by atoms with van der Waals surface area (Å²) in [5.74, 6) is 0. The fourth-order valence-electron chi connectivity index (χ4n) is 2.84. The van der Waals surface area contributed by atoms with Gasteiger partial charge in [0, 0.05) is 30.1 Å². The van der Waals surface area contributed by atoms with Crippen molar-refractivity contribution >= 4 is 16.8 Å². The van der Waals surface area contributed by atoms with Crippen molar-refractivity contribution in [3.05, 3.63) is 63.8 Å². The van der Waals surface area contributed by atoms with Gasteiger partial charge in [-0.2, -0.15) is 5.10 Å². The highest BCUT2D eigenvalue weighted by Gasteiger charge is 2.11. The Morgan fingerprint density at radius 2 is 2.09 bits per heavy atom. The van der Waals surface area contributed by atoms with Crippen LogP contribution in [0.2, 0.25) is 0 Å². The lowest BCUT2D eigenvalue weighted by Crippen LogP contribution is -2.13. The number of pyridine rings is 1. The maximum atomic E-state index is 11.9. The number of nitrogens with two attached hydrogens (primary N) is 1. The number of hydrogen-bond acceptors (Lipinski definition) is 4. The maximum Gasteiger partial charge on any atom is 0.272 e. The van der Waals surface area contributed by atoms with E-state index in [0.717, 1.165) is 34.2 Å². The zero-order valence-electron chi connectivity index (χ0n) is 11.8. The van der Waals surface area contributed by atoms with Crippen molar-refractivity contribution in [2.75, 3.05) is 0 Å². The number of nitrogens with one attached hydrogen (secondary N) is 1. The van der Waals surface area contributed by atoms with E-state index in [2.05, 4.69) is 33.4 Å². The van der Waals surface area contributed by atoms with Gasteiger partial charge < -0.3 is 5.73 Å². The average Bonchev–Trinajstić information content (AvgIpc) is 3.02. The van der Waals surface area contributed by atoms with E-state index in [0.29, 0.717) is 11.1 Å². The van der Waals surface area contributed by atoms with E-state index in [1.807, 2.05) is 24.4 Å². The monoisotopic (exact) mass is 290 g/mol. The van der Waals surface area contributed by atoms with Crippen molar-refractivity contribution in [1.29, 1.82) is 0 Å². The molecule has 5 heteroatoms. The molecule has 0 saturated heterocycles. The lowest BCUT2D eigenvalue weighted by atomic mass is 10.0. The van der Waals surface area contributed by atoms with E-state index in [4.69, 9.17) is 5.73 Å². The molecule has 5 nitrogen and oxygen atoms in total. The predicted molar refractivity (Wildman–Crippen MR) is 86.2 cm³/mol. The van der Waals surface area contributed by atoms with Crippen molar-refractivity contribution in [2.45, 2.75) is 13.0 Å². The molecule has 3 N–H and O–H groups in total. The van der Waals surface area contributed by atoms with Crippen LogP contribution in [0.3, 0.4) is 0 Å². The molecule has 3 aromatic rings. The standard InChI is InChI=1S/C17H14N4O/c18-8-16-14-7-10(4-5-13(14)17(22)21-20-16)12-6-11-2-1-3-15(11)19-9-12/h1-2,4-7,9H,3,8,18H2,(H,21,22). The number of rotatable bonds is 2. The largest absolute Gasteiger partial charge is 0.325 e. The summed E-state index contributed by atoms with van der Waals surface area (Å²) >= 11 is 0. The first kappa shape index (κ1) is 12.9. The first-order chi connectivity index (χ1) is 10.8. The summed E-state index contributed by atoms with van der Waals surface area (Å²) in [7, 11) is 0. The fourth-order valence-corrected chi connectivity index (χ4v) is 2.84. The van der Waals surface area contributed by atoms with Gasteiger partial charge in [-0.15, -0.1) is 0 Å². The highest BCUT2D eigenvalue weighted by Crippen LogP contribution is 2.27. The second-order valence-corrected chi connectivity index (χ2v) is 5.33. The molecule has 0 atom stereocenters. The first-order valence-corrected chi connectivity index (χ1v) is 7.13. The molecule has 2 aromatic heterocycles. The van der Waals surface area contributed by atoms with Crippen LogP contribution in [-0.4, -0.2) is 15.2 Å². The van der Waals surface area contributed by atoms with Gasteiger partial charge in [0.05, 0.1) is 16.8 Å². The summed E-state index contributed by atoms with van der Waals surface area (Å²) in [5, 5.41) is 7.90. The highest BCUT2D eigenvalue weighted by molar-refractivity contribution is 5.88. The molecule has 0 saturated carbocycles. The molecule has 4 rings (SSSR count). The van der Waals surface area contributed by atoms with Gasteiger partial charge >= 0.3 is 0 Å². The lowest BCUT2D eigenvalue weighted by Gasteiger charge is -2.07. The van der Waals surface area contributed by atoms with Crippen molar-refractivity contribution in [3.8, 4) is 11.1 Å². The lowest BCUT2D eigenvalue weighted by molar-refractivity contribution is 0.900. The second kappa shape index (κ2) is 4.89. The van der Waals surface area contributed by atoms with Gasteiger partial charge in [0.1, 0.15) is 0 Å². The van der Waals surface area contributed by atoms with Crippen LogP contribution >= 0.6 is 0 Å². The van der Waals surface area contributed by atoms with Crippen LogP contribution in [0.5, 0.6) is 0 Å². The van der Waals surface area contributed by atoms with Crippen LogP contribution in [0.1, 0.15) is 17.0 Å². The average molecular weight is 290 g/mol. The molecule has 0 radical (unpaired) electrons. The van der Waals surface area contributed by atoms with Crippen LogP contribution in [0.15, 0.2) is 41.3 Å². The third kappa shape index (κ3) is 1.95. The Labute approximate surface area is 126 Å². The summed E-state index contributed by atoms with van der Waals surface area (Å²) in [6.45, 7) is 0.280. The Hall–Kier alpha value is -2.79. The van der Waals surface area contributed by atoms with Gasteiger partial charge in [0.15, 0.2) is 0 Å². The van der Waals surface area contributed by atoms with Crippen LogP contribution in [-0.2, 0) is 13.0 Å². The van der Waals surface area contributed by atoms with Crippen LogP contribution in [0.25, 0.3) is 28.0 Å². The quantitative estimate of drug-likeness (QED) is 0.756. The topological polar surface area (TPSA) is 84.7 Å². The van der Waals surface area contributed by atoms with E-state index in [1.165, 1.54) is 0 Å². The molecule has 1 aromatic carbocycles. The van der Waals surface area contributed by atoms with Crippen molar-refractivity contribution < 1.29 is 0 Å². The Bertz CT molecular complexity index is 972. The minimum absolute atomic E-state index is 0.200. The molecule has 0 aliphatic heterocycles. The van der Waals surface area contributed by atoms with Crippen LogP contribution < -0.4 is 11.3 Å². The number of H-pyrrole nitrogens is 1. The second-order valence-electron chi connectivity index (χ2n) is 5.33. The molecule has 22 heavy (non-hydrogen) atoms. The molecule has 0 fully saturated rings. The SMILES string of the molecule is NCc1n[nH]c(=O)c2ccc(-c3cnc4c(c3)C=CC4)cc12. The van der Waals surface area contributed by atoms with E-state index in [-0.39, 0.29) is 12.1 Å². The van der Waals surface area contributed by atoms with Gasteiger partial charge in [-0.05, 0) is 29.3 Å². The smallest absolute Gasteiger partial charge is 0.272 e. The van der Waals surface area contributed by atoms with Crippen LogP contribution in [0, 0.1) is 0 Å². The number of nitrogens with zero attached hydrogens (tertiary/aromatic N) is 2. The van der Waals surface area contributed by atoms with Gasteiger partial charge in [0.2, 0.25) is 0 Å². The summed E-state index contributed by atoms with van der Waals surface area (Å²) < 4.78 is 0. The maximum absolute atomic E-state index is 11.9. The molecule has 0 bridgehead atoms. The molecule has 2 heterocycles. The zero-order chi connectivity index (χ0) is 15.1. The number of hydrogen-bond donors (Lipinski definition) is 2. The predicted octanol–water partition coefficient (Wildman–Crippen LogP) is 2.01. The minimum atomic E-state index is -0.200. The minimum Gasteiger partial charge on any atom is -0.325 e. The molecular formula is C17H14N4O. The van der Waals surface area contributed by atoms with E-state index >= 15 is 0 Å². The summed E-state index contributed by atoms with van der Waals surface area (Å²) in [6.07, 6.45) is 6.96. The van der Waals surface area contributed by atoms with Crippen LogP contribution in [0.4, 0.5) is 0 Å². The molecule has 1 aliphatic rings. The van der Waals surface area contributed by atoms with Gasteiger partial charge in [0.25, 0.3) is 5.56 Å². The van der Waals surface area contributed by atoms with Crippen molar-refractivity contribution in [3.63, 3.8) is 0 Å². The van der Waals surface area contributed by atoms with Gasteiger partial charge in [-0.3, -0.25) is 9.78 Å². The third-order valence-electron chi connectivity index (χ3n) is 4.01. The third-order valence-corrected chi connectivity index (χ3v) is 4.01. The molecule has 108 valence electrons. The number of benzene rings is 1. The summed E-state index contributed by atoms with van der Waals surface area (Å²) in [4.78, 5) is 16.4. The number of aromatic nitrogens is 3. The number of allylic oxidation sites excluding steroid dienone is 1. The van der Waals surface area contributed by atoms with Crippen molar-refractivity contribution in [2.24, 2.45) is 5.73 Å². The van der Waals surface area contributed by atoms with E-state index in [9.17, 15) is 4.79 Å². The Morgan fingerprint density at radius 3 is 2.95 bits per heavy atom. The Balaban J connectivity index is 1.93. The van der Waals surface area contributed by atoms with Crippen molar-refractivity contribution in [1.82, 2.24) is 15.2 Å². The van der Waals surface area contributed by atoms with E-state index in [1.54, 1.807) is 0 Å².